The zero-order chi connectivity index (χ0) is 18.3. The second kappa shape index (κ2) is 13.4. The third-order valence-electron chi connectivity index (χ3n) is 4.17. The fourth-order valence-electron chi connectivity index (χ4n) is 2.69. The molecule has 0 radical (unpaired) electrons. The van der Waals surface area contributed by atoms with Gasteiger partial charge >= 0.3 is 0 Å². The Labute approximate surface area is 151 Å². The number of carbonyl (C=O) groups is 2. The van der Waals surface area contributed by atoms with Gasteiger partial charge in [-0.1, -0.05) is 63.9 Å². The van der Waals surface area contributed by atoms with E-state index in [1.165, 1.54) is 25.5 Å². The van der Waals surface area contributed by atoms with Crippen molar-refractivity contribution in [1.29, 1.82) is 0 Å². The van der Waals surface area contributed by atoms with Gasteiger partial charge in [-0.3, -0.25) is 9.59 Å². The molecule has 1 N–H and O–H groups in total. The topological polar surface area (TPSA) is 75.4 Å². The van der Waals surface area contributed by atoms with E-state index in [2.05, 4.69) is 24.3 Å². The minimum atomic E-state index is -0.233. The van der Waals surface area contributed by atoms with Crippen molar-refractivity contribution < 1.29 is 14.1 Å². The zero-order valence-electron chi connectivity index (χ0n) is 15.8. The van der Waals surface area contributed by atoms with Gasteiger partial charge in [0.1, 0.15) is 6.26 Å². The molecule has 0 saturated carbocycles. The van der Waals surface area contributed by atoms with Gasteiger partial charge in [-0.15, -0.1) is 0 Å². The van der Waals surface area contributed by atoms with Crippen molar-refractivity contribution in [3.05, 3.63) is 12.3 Å². The van der Waals surface area contributed by atoms with E-state index >= 15 is 0 Å². The first-order valence-electron chi connectivity index (χ1n) is 9.65. The van der Waals surface area contributed by atoms with Crippen LogP contribution in [0.4, 0.5) is 5.82 Å². The molecule has 1 aromatic rings. The van der Waals surface area contributed by atoms with Crippen molar-refractivity contribution in [3.8, 4) is 0 Å². The van der Waals surface area contributed by atoms with Gasteiger partial charge in [0.2, 0.25) is 11.8 Å². The van der Waals surface area contributed by atoms with Crippen molar-refractivity contribution >= 4 is 17.6 Å². The summed E-state index contributed by atoms with van der Waals surface area (Å²) in [5.74, 6) is 0.218. The highest BCUT2D eigenvalue weighted by Gasteiger charge is 2.17. The predicted octanol–water partition coefficient (Wildman–Crippen LogP) is 4.38. The Morgan fingerprint density at radius 1 is 1.04 bits per heavy atom. The second-order valence-electron chi connectivity index (χ2n) is 6.47. The van der Waals surface area contributed by atoms with Crippen LogP contribution >= 0.6 is 0 Å². The molecule has 2 amide bonds. The lowest BCUT2D eigenvalue weighted by atomic mass is 10.1. The molecule has 0 saturated heterocycles. The summed E-state index contributed by atoms with van der Waals surface area (Å²) in [4.78, 5) is 26.3. The lowest BCUT2D eigenvalue weighted by Crippen LogP contribution is -2.38. The van der Waals surface area contributed by atoms with Crippen LogP contribution in [0.25, 0.3) is 0 Å². The average molecular weight is 351 g/mol. The van der Waals surface area contributed by atoms with Crippen LogP contribution < -0.4 is 5.32 Å². The van der Waals surface area contributed by atoms with Crippen LogP contribution in [0, 0.1) is 0 Å². The van der Waals surface area contributed by atoms with Gasteiger partial charge in [-0.2, -0.15) is 0 Å². The van der Waals surface area contributed by atoms with Crippen LogP contribution in [0.5, 0.6) is 0 Å². The number of carbonyl (C=O) groups excluding carboxylic acids is 2. The molecule has 0 aromatic carbocycles. The van der Waals surface area contributed by atoms with Gasteiger partial charge < -0.3 is 14.7 Å². The third-order valence-corrected chi connectivity index (χ3v) is 4.17. The van der Waals surface area contributed by atoms with E-state index in [0.29, 0.717) is 18.8 Å². The van der Waals surface area contributed by atoms with Crippen molar-refractivity contribution in [3.63, 3.8) is 0 Å². The maximum Gasteiger partial charge on any atom is 0.245 e. The number of anilines is 1. The Balaban J connectivity index is 2.43. The molecule has 0 aliphatic heterocycles. The zero-order valence-corrected chi connectivity index (χ0v) is 15.8. The molecule has 6 heteroatoms. The molecule has 0 unspecified atom stereocenters. The van der Waals surface area contributed by atoms with Gasteiger partial charge in [0, 0.05) is 19.0 Å². The number of amides is 2. The summed E-state index contributed by atoms with van der Waals surface area (Å²) in [5, 5.41) is 6.32. The third kappa shape index (κ3) is 9.89. The minimum Gasteiger partial charge on any atom is -0.363 e. The Morgan fingerprint density at radius 2 is 1.72 bits per heavy atom. The smallest absolute Gasteiger partial charge is 0.245 e. The number of hydrogen-bond acceptors (Lipinski definition) is 4. The molecule has 0 bridgehead atoms. The van der Waals surface area contributed by atoms with Crippen LogP contribution in [0.15, 0.2) is 16.9 Å². The maximum atomic E-state index is 12.5. The standard InChI is InChI=1S/C19H33N3O3/c1-3-5-7-9-10-12-19(24)22(14-11-8-6-4-2)16-18(23)20-17-13-15-25-21-17/h13,15H,3-12,14,16H2,1-2H3,(H,20,21,23). The minimum absolute atomic E-state index is 0.0725. The molecular weight excluding hydrogens is 318 g/mol. The molecule has 1 rings (SSSR count). The number of rotatable bonds is 14. The maximum absolute atomic E-state index is 12.5. The van der Waals surface area contributed by atoms with Crippen LogP contribution in [0.2, 0.25) is 0 Å². The highest BCUT2D eigenvalue weighted by molar-refractivity contribution is 5.93. The first kappa shape index (κ1) is 21.2. The van der Waals surface area contributed by atoms with Gasteiger partial charge in [0.25, 0.3) is 0 Å². The molecule has 0 aliphatic rings. The summed E-state index contributed by atoms with van der Waals surface area (Å²) in [7, 11) is 0. The van der Waals surface area contributed by atoms with Crippen molar-refractivity contribution in [2.24, 2.45) is 0 Å². The Kier molecular flexibility index (Phi) is 11.4. The molecule has 6 nitrogen and oxygen atoms in total. The van der Waals surface area contributed by atoms with Crippen LogP contribution in [-0.2, 0) is 9.59 Å². The number of nitrogens with one attached hydrogen (secondary N) is 1. The summed E-state index contributed by atoms with van der Waals surface area (Å²) < 4.78 is 4.70. The van der Waals surface area contributed by atoms with E-state index in [1.807, 2.05) is 0 Å². The molecule has 0 spiro atoms. The Bertz CT molecular complexity index is 474. The monoisotopic (exact) mass is 351 g/mol. The largest absolute Gasteiger partial charge is 0.363 e. The van der Waals surface area contributed by atoms with Crippen LogP contribution in [-0.4, -0.2) is 35.0 Å². The quantitative estimate of drug-likeness (QED) is 0.505. The van der Waals surface area contributed by atoms with E-state index in [-0.39, 0.29) is 18.4 Å². The highest BCUT2D eigenvalue weighted by Crippen LogP contribution is 2.09. The van der Waals surface area contributed by atoms with Crippen molar-refractivity contribution in [1.82, 2.24) is 10.1 Å². The predicted molar refractivity (Wildman–Crippen MR) is 99.2 cm³/mol. The van der Waals surface area contributed by atoms with Crippen LogP contribution in [0.1, 0.15) is 78.1 Å². The number of hydrogen-bond donors (Lipinski definition) is 1. The van der Waals surface area contributed by atoms with E-state index in [1.54, 1.807) is 11.0 Å². The summed E-state index contributed by atoms with van der Waals surface area (Å²) in [6.45, 7) is 5.05. The lowest BCUT2D eigenvalue weighted by Gasteiger charge is -2.22. The Hall–Kier alpha value is -1.85. The fraction of sp³-hybridized carbons (Fsp3) is 0.737. The molecule has 1 heterocycles. The van der Waals surface area contributed by atoms with E-state index < -0.39 is 0 Å². The van der Waals surface area contributed by atoms with E-state index in [0.717, 1.165) is 38.5 Å². The first-order chi connectivity index (χ1) is 12.2. The van der Waals surface area contributed by atoms with E-state index in [9.17, 15) is 9.59 Å². The number of aromatic nitrogens is 1. The molecule has 0 atom stereocenters. The molecule has 142 valence electrons. The van der Waals surface area contributed by atoms with Gasteiger partial charge in [-0.05, 0) is 12.8 Å². The molecule has 0 fully saturated rings. The molecule has 1 aromatic heterocycles. The van der Waals surface area contributed by atoms with Crippen molar-refractivity contribution in [2.45, 2.75) is 78.1 Å². The number of nitrogens with zero attached hydrogens (tertiary/aromatic N) is 2. The average Bonchev–Trinajstić information content (AvgIpc) is 3.10. The second-order valence-corrected chi connectivity index (χ2v) is 6.47. The Morgan fingerprint density at radius 3 is 2.36 bits per heavy atom. The van der Waals surface area contributed by atoms with Gasteiger partial charge in [0.05, 0.1) is 6.54 Å². The van der Waals surface area contributed by atoms with Crippen LogP contribution in [0.3, 0.4) is 0 Å². The summed E-state index contributed by atoms with van der Waals surface area (Å²) in [6, 6.07) is 1.58. The molecular formula is C19H33N3O3. The highest BCUT2D eigenvalue weighted by atomic mass is 16.5. The molecule has 25 heavy (non-hydrogen) atoms. The number of unbranched alkanes of at least 4 members (excludes halogenated alkanes) is 7. The first-order valence-corrected chi connectivity index (χ1v) is 9.65. The fourth-order valence-corrected chi connectivity index (χ4v) is 2.69. The van der Waals surface area contributed by atoms with Gasteiger partial charge in [0.15, 0.2) is 5.82 Å². The summed E-state index contributed by atoms with van der Waals surface area (Å²) in [6.07, 6.45) is 11.8. The van der Waals surface area contributed by atoms with Gasteiger partial charge in [-0.25, -0.2) is 0 Å². The summed E-state index contributed by atoms with van der Waals surface area (Å²) >= 11 is 0. The van der Waals surface area contributed by atoms with Crippen molar-refractivity contribution in [2.75, 3.05) is 18.4 Å². The SMILES string of the molecule is CCCCCCCC(=O)N(CCCCCC)CC(=O)Nc1ccon1. The normalized spacial score (nSPS) is 10.6. The summed E-state index contributed by atoms with van der Waals surface area (Å²) in [5.41, 5.74) is 0. The lowest BCUT2D eigenvalue weighted by molar-refractivity contribution is -0.134. The van der Waals surface area contributed by atoms with E-state index in [4.69, 9.17) is 4.52 Å². The molecule has 0 aliphatic carbocycles.